The van der Waals surface area contributed by atoms with Gasteiger partial charge in [-0.3, -0.25) is 0 Å². The van der Waals surface area contributed by atoms with Crippen LogP contribution in [0.1, 0.15) is 12.8 Å². The SMILES string of the molecule is C=C(/C=C(\N=C(N)N)C1CCOCC1)NCCN. The van der Waals surface area contributed by atoms with Crippen LogP contribution in [-0.4, -0.2) is 32.3 Å². The minimum absolute atomic E-state index is 0.0689. The third kappa shape index (κ3) is 5.20. The molecule has 0 radical (unpaired) electrons. The number of nitrogens with zero attached hydrogens (tertiary/aromatic N) is 1. The fourth-order valence-electron chi connectivity index (χ4n) is 1.85. The molecule has 0 bridgehead atoms. The molecule has 0 amide bonds. The van der Waals surface area contributed by atoms with Gasteiger partial charge in [0.25, 0.3) is 0 Å². The molecule has 0 aromatic rings. The van der Waals surface area contributed by atoms with Gasteiger partial charge in [-0.05, 0) is 18.9 Å². The lowest BCUT2D eigenvalue weighted by molar-refractivity contribution is 0.0754. The molecule has 6 heteroatoms. The number of rotatable bonds is 6. The second kappa shape index (κ2) is 7.73. The lowest BCUT2D eigenvalue weighted by atomic mass is 9.96. The molecule has 0 unspecified atom stereocenters. The topological polar surface area (TPSA) is 112 Å². The number of guanidine groups is 1. The summed E-state index contributed by atoms with van der Waals surface area (Å²) in [6, 6.07) is 0. The quantitative estimate of drug-likeness (QED) is 0.293. The number of nitrogens with two attached hydrogens (primary N) is 3. The Morgan fingerprint density at radius 2 is 2.06 bits per heavy atom. The Morgan fingerprint density at radius 1 is 1.39 bits per heavy atom. The van der Waals surface area contributed by atoms with Crippen LogP contribution in [0.2, 0.25) is 0 Å². The number of ether oxygens (including phenoxy) is 1. The predicted octanol–water partition coefficient (Wildman–Crippen LogP) is -0.368. The molecular weight excluding hydrogens is 230 g/mol. The number of allylic oxidation sites excluding steroid dienone is 2. The molecule has 0 saturated carbocycles. The van der Waals surface area contributed by atoms with Crippen LogP contribution in [0.5, 0.6) is 0 Å². The van der Waals surface area contributed by atoms with Crippen LogP contribution in [0.4, 0.5) is 0 Å². The second-order valence-corrected chi connectivity index (χ2v) is 4.23. The van der Waals surface area contributed by atoms with Gasteiger partial charge in [-0.1, -0.05) is 6.58 Å². The van der Waals surface area contributed by atoms with Gasteiger partial charge >= 0.3 is 0 Å². The average molecular weight is 253 g/mol. The van der Waals surface area contributed by atoms with Crippen molar-refractivity contribution in [2.75, 3.05) is 26.3 Å². The van der Waals surface area contributed by atoms with Crippen molar-refractivity contribution in [3.8, 4) is 0 Å². The molecule has 6 nitrogen and oxygen atoms in total. The first-order valence-corrected chi connectivity index (χ1v) is 6.15. The highest BCUT2D eigenvalue weighted by Crippen LogP contribution is 2.24. The van der Waals surface area contributed by atoms with E-state index in [1.54, 1.807) is 0 Å². The van der Waals surface area contributed by atoms with Crippen molar-refractivity contribution in [3.63, 3.8) is 0 Å². The summed E-state index contributed by atoms with van der Waals surface area (Å²) >= 11 is 0. The fourth-order valence-corrected chi connectivity index (χ4v) is 1.85. The molecule has 0 spiro atoms. The second-order valence-electron chi connectivity index (χ2n) is 4.23. The summed E-state index contributed by atoms with van der Waals surface area (Å²) in [5.74, 6) is 0.386. The maximum Gasteiger partial charge on any atom is 0.190 e. The van der Waals surface area contributed by atoms with Crippen LogP contribution < -0.4 is 22.5 Å². The molecule has 1 aliphatic heterocycles. The monoisotopic (exact) mass is 253 g/mol. The van der Waals surface area contributed by atoms with Gasteiger partial charge in [0.15, 0.2) is 5.96 Å². The van der Waals surface area contributed by atoms with Crippen molar-refractivity contribution in [1.82, 2.24) is 5.32 Å². The van der Waals surface area contributed by atoms with Crippen molar-refractivity contribution in [2.24, 2.45) is 28.1 Å². The first kappa shape index (κ1) is 14.5. The van der Waals surface area contributed by atoms with Crippen LogP contribution in [0.3, 0.4) is 0 Å². The van der Waals surface area contributed by atoms with E-state index in [2.05, 4.69) is 16.9 Å². The summed E-state index contributed by atoms with van der Waals surface area (Å²) < 4.78 is 5.33. The van der Waals surface area contributed by atoms with E-state index in [1.165, 1.54) is 0 Å². The molecule has 0 aliphatic carbocycles. The Balaban J connectivity index is 2.73. The molecule has 1 fully saturated rings. The molecule has 1 saturated heterocycles. The molecule has 1 aliphatic rings. The summed E-state index contributed by atoms with van der Waals surface area (Å²) in [4.78, 5) is 4.19. The highest BCUT2D eigenvalue weighted by atomic mass is 16.5. The highest BCUT2D eigenvalue weighted by Gasteiger charge is 2.18. The highest BCUT2D eigenvalue weighted by molar-refractivity contribution is 5.77. The molecule has 1 rings (SSSR count). The van der Waals surface area contributed by atoms with Crippen molar-refractivity contribution in [2.45, 2.75) is 12.8 Å². The summed E-state index contributed by atoms with van der Waals surface area (Å²) in [5.41, 5.74) is 18.0. The number of aliphatic imine (C=N–C) groups is 1. The van der Waals surface area contributed by atoms with Gasteiger partial charge in [0.1, 0.15) is 0 Å². The van der Waals surface area contributed by atoms with E-state index in [9.17, 15) is 0 Å². The van der Waals surface area contributed by atoms with Gasteiger partial charge < -0.3 is 27.3 Å². The van der Waals surface area contributed by atoms with Crippen molar-refractivity contribution in [3.05, 3.63) is 24.0 Å². The Bertz CT molecular complexity index is 327. The van der Waals surface area contributed by atoms with E-state index in [0.29, 0.717) is 19.0 Å². The van der Waals surface area contributed by atoms with Gasteiger partial charge in [0.05, 0.1) is 0 Å². The Hall–Kier alpha value is -1.53. The maximum absolute atomic E-state index is 5.46. The number of hydrogen-bond acceptors (Lipinski definition) is 4. The van der Waals surface area contributed by atoms with E-state index in [1.807, 2.05) is 6.08 Å². The maximum atomic E-state index is 5.46. The third-order valence-corrected chi connectivity index (χ3v) is 2.72. The van der Waals surface area contributed by atoms with Gasteiger partial charge in [-0.15, -0.1) is 0 Å². The Morgan fingerprint density at radius 3 is 2.61 bits per heavy atom. The van der Waals surface area contributed by atoms with Crippen LogP contribution in [0.15, 0.2) is 29.0 Å². The van der Waals surface area contributed by atoms with Crippen LogP contribution in [0, 0.1) is 5.92 Å². The standard InChI is InChI=1S/C12H23N5O/c1-9(16-5-4-13)8-11(17-12(14)15)10-2-6-18-7-3-10/h8,10,16H,1-7,13H2,(H4,14,15,17)/b11-8-. The van der Waals surface area contributed by atoms with E-state index < -0.39 is 0 Å². The predicted molar refractivity (Wildman–Crippen MR) is 73.6 cm³/mol. The first-order valence-electron chi connectivity index (χ1n) is 6.15. The normalized spacial score (nSPS) is 17.3. The summed E-state index contributed by atoms with van der Waals surface area (Å²) in [7, 11) is 0. The average Bonchev–Trinajstić information content (AvgIpc) is 2.36. The van der Waals surface area contributed by atoms with Crippen LogP contribution in [-0.2, 0) is 4.74 Å². The molecule has 0 aromatic carbocycles. The van der Waals surface area contributed by atoms with E-state index in [4.69, 9.17) is 21.9 Å². The third-order valence-electron chi connectivity index (χ3n) is 2.72. The zero-order valence-electron chi connectivity index (χ0n) is 10.7. The van der Waals surface area contributed by atoms with E-state index in [0.717, 1.165) is 37.4 Å². The Kier molecular flexibility index (Phi) is 6.24. The van der Waals surface area contributed by atoms with Gasteiger partial charge in [0, 0.05) is 43.6 Å². The molecule has 1 heterocycles. The smallest absolute Gasteiger partial charge is 0.190 e. The summed E-state index contributed by atoms with van der Waals surface area (Å²) in [5, 5.41) is 3.10. The molecule has 102 valence electrons. The molecule has 7 N–H and O–H groups in total. The van der Waals surface area contributed by atoms with Crippen molar-refractivity contribution in [1.29, 1.82) is 0 Å². The zero-order chi connectivity index (χ0) is 13.4. The van der Waals surface area contributed by atoms with E-state index in [-0.39, 0.29) is 5.96 Å². The largest absolute Gasteiger partial charge is 0.384 e. The van der Waals surface area contributed by atoms with Crippen molar-refractivity contribution < 1.29 is 4.74 Å². The van der Waals surface area contributed by atoms with Crippen LogP contribution >= 0.6 is 0 Å². The molecule has 0 atom stereocenters. The van der Waals surface area contributed by atoms with Gasteiger partial charge in [0.2, 0.25) is 0 Å². The first-order chi connectivity index (χ1) is 8.63. The van der Waals surface area contributed by atoms with Crippen molar-refractivity contribution >= 4 is 5.96 Å². The molecule has 0 aromatic heterocycles. The summed E-state index contributed by atoms with van der Waals surface area (Å²) in [6.07, 6.45) is 3.73. The summed E-state index contributed by atoms with van der Waals surface area (Å²) in [6.45, 7) is 6.63. The lowest BCUT2D eigenvalue weighted by Crippen LogP contribution is -2.25. The lowest BCUT2D eigenvalue weighted by Gasteiger charge is -2.23. The minimum Gasteiger partial charge on any atom is -0.384 e. The number of nitrogens with one attached hydrogen (secondary N) is 1. The molecule has 18 heavy (non-hydrogen) atoms. The zero-order valence-corrected chi connectivity index (χ0v) is 10.7. The van der Waals surface area contributed by atoms with Gasteiger partial charge in [-0.25, -0.2) is 4.99 Å². The molecular formula is C12H23N5O. The van der Waals surface area contributed by atoms with Gasteiger partial charge in [-0.2, -0.15) is 0 Å². The van der Waals surface area contributed by atoms with E-state index >= 15 is 0 Å². The van der Waals surface area contributed by atoms with Crippen LogP contribution in [0.25, 0.3) is 0 Å². The Labute approximate surface area is 108 Å². The number of hydrogen-bond donors (Lipinski definition) is 4. The minimum atomic E-state index is 0.0689. The fraction of sp³-hybridized carbons (Fsp3) is 0.583.